The molecule has 1 saturated heterocycles. The zero-order valence-corrected chi connectivity index (χ0v) is 19.9. The summed E-state index contributed by atoms with van der Waals surface area (Å²) < 4.78 is 0. The highest BCUT2D eigenvalue weighted by molar-refractivity contribution is 6.05. The van der Waals surface area contributed by atoms with Crippen molar-refractivity contribution in [3.05, 3.63) is 59.9 Å². The van der Waals surface area contributed by atoms with Crippen molar-refractivity contribution in [3.8, 4) is 6.07 Å². The number of nitrogens with zero attached hydrogens (tertiary/aromatic N) is 4. The summed E-state index contributed by atoms with van der Waals surface area (Å²) in [6, 6.07) is 17.7. The molecule has 7 nitrogen and oxygen atoms in total. The Morgan fingerprint density at radius 2 is 1.41 bits per heavy atom. The van der Waals surface area contributed by atoms with Gasteiger partial charge in [-0.05, 0) is 37.1 Å². The van der Waals surface area contributed by atoms with Crippen LogP contribution >= 0.6 is 0 Å². The van der Waals surface area contributed by atoms with E-state index in [4.69, 9.17) is 0 Å². The number of nitrogens with one attached hydrogen (secondary N) is 1. The molecule has 2 aromatic rings. The fourth-order valence-electron chi connectivity index (χ4n) is 4.79. The van der Waals surface area contributed by atoms with Gasteiger partial charge >= 0.3 is 0 Å². The van der Waals surface area contributed by atoms with Crippen LogP contribution in [0, 0.1) is 11.3 Å². The molecule has 0 bridgehead atoms. The highest BCUT2D eigenvalue weighted by Gasteiger charge is 2.31. The van der Waals surface area contributed by atoms with Crippen LogP contribution < -0.4 is 20.0 Å². The van der Waals surface area contributed by atoms with Gasteiger partial charge in [0.05, 0.1) is 22.7 Å². The molecule has 0 atom stereocenters. The minimum absolute atomic E-state index is 0.0198. The number of carbonyl (C=O) groups excluding carboxylic acids is 2. The Kier molecular flexibility index (Phi) is 7.17. The second kappa shape index (κ2) is 10.4. The molecule has 0 radical (unpaired) electrons. The molecular weight excluding hydrogens is 426 g/mol. The van der Waals surface area contributed by atoms with Crippen LogP contribution in [0.4, 0.5) is 22.7 Å². The first-order valence-electron chi connectivity index (χ1n) is 11.9. The lowest BCUT2D eigenvalue weighted by atomic mass is 10.1. The molecule has 0 spiro atoms. The highest BCUT2D eigenvalue weighted by Crippen LogP contribution is 2.40. The van der Waals surface area contributed by atoms with Gasteiger partial charge in [-0.1, -0.05) is 37.1 Å². The van der Waals surface area contributed by atoms with Gasteiger partial charge in [0.1, 0.15) is 17.5 Å². The quantitative estimate of drug-likeness (QED) is 0.501. The van der Waals surface area contributed by atoms with Gasteiger partial charge in [0, 0.05) is 40.0 Å². The number of hydrogen-bond donors (Lipinski definition) is 1. The molecule has 1 amide bonds. The van der Waals surface area contributed by atoms with E-state index in [1.807, 2.05) is 72.4 Å². The number of rotatable bonds is 6. The van der Waals surface area contributed by atoms with Crippen LogP contribution in [0.25, 0.3) is 0 Å². The van der Waals surface area contributed by atoms with E-state index in [-0.39, 0.29) is 30.1 Å². The third kappa shape index (κ3) is 4.76. The fourth-order valence-corrected chi connectivity index (χ4v) is 4.79. The van der Waals surface area contributed by atoms with E-state index >= 15 is 0 Å². The summed E-state index contributed by atoms with van der Waals surface area (Å²) in [6.45, 7) is 1.96. The summed E-state index contributed by atoms with van der Waals surface area (Å²) in [5, 5.41) is 12.8. The van der Waals surface area contributed by atoms with Crippen molar-refractivity contribution in [2.24, 2.45) is 0 Å². The monoisotopic (exact) mass is 457 g/mol. The Balaban J connectivity index is 1.43. The molecule has 1 fully saturated rings. The molecule has 34 heavy (non-hydrogen) atoms. The number of Topliss-reactive ketones (excluding diaryl/α,β-unsaturated/α-hetero) is 1. The first-order chi connectivity index (χ1) is 16.5. The van der Waals surface area contributed by atoms with Gasteiger partial charge in [-0.25, -0.2) is 0 Å². The zero-order chi connectivity index (χ0) is 24.1. The SMILES string of the molecule is CN1C(=C(C#N)C(=O)CCC(=O)Nc2ccccc2N2CCCCCC2)N(C)c2ccccc21. The number of carbonyl (C=O) groups is 2. The number of ketones is 1. The van der Waals surface area contributed by atoms with Crippen LogP contribution in [0.15, 0.2) is 59.9 Å². The maximum absolute atomic E-state index is 13.0. The molecule has 1 N–H and O–H groups in total. The van der Waals surface area contributed by atoms with Gasteiger partial charge in [0.2, 0.25) is 5.91 Å². The van der Waals surface area contributed by atoms with Gasteiger partial charge in [-0.15, -0.1) is 0 Å². The minimum Gasteiger partial charge on any atom is -0.370 e. The van der Waals surface area contributed by atoms with Crippen molar-refractivity contribution in [1.82, 2.24) is 0 Å². The second-order valence-electron chi connectivity index (χ2n) is 8.81. The second-order valence-corrected chi connectivity index (χ2v) is 8.81. The summed E-state index contributed by atoms with van der Waals surface area (Å²) in [5.41, 5.74) is 3.73. The number of nitriles is 1. The number of allylic oxidation sites excluding steroid dienone is 1. The van der Waals surface area contributed by atoms with Crippen molar-refractivity contribution in [2.45, 2.75) is 38.5 Å². The molecule has 2 heterocycles. The Morgan fingerprint density at radius 1 is 0.853 bits per heavy atom. The Morgan fingerprint density at radius 3 is 2.00 bits per heavy atom. The molecule has 2 aromatic carbocycles. The average Bonchev–Trinajstić information content (AvgIpc) is 3.03. The summed E-state index contributed by atoms with van der Waals surface area (Å²) in [4.78, 5) is 31.8. The first kappa shape index (κ1) is 23.4. The summed E-state index contributed by atoms with van der Waals surface area (Å²) in [7, 11) is 3.68. The van der Waals surface area contributed by atoms with Gasteiger partial charge < -0.3 is 20.0 Å². The van der Waals surface area contributed by atoms with Crippen LogP contribution in [0.3, 0.4) is 0 Å². The van der Waals surface area contributed by atoms with Crippen molar-refractivity contribution < 1.29 is 9.59 Å². The Labute approximate surface area is 201 Å². The lowest BCUT2D eigenvalue weighted by Gasteiger charge is -2.25. The molecule has 2 aliphatic heterocycles. The summed E-state index contributed by atoms with van der Waals surface area (Å²) in [5.74, 6) is -0.0186. The topological polar surface area (TPSA) is 79.7 Å². The Hall–Kier alpha value is -3.79. The molecule has 4 rings (SSSR count). The number of benzene rings is 2. The Bertz CT molecular complexity index is 1110. The van der Waals surface area contributed by atoms with E-state index in [1.54, 1.807) is 0 Å². The minimum atomic E-state index is -0.333. The van der Waals surface area contributed by atoms with E-state index in [9.17, 15) is 14.9 Å². The van der Waals surface area contributed by atoms with E-state index in [1.165, 1.54) is 12.8 Å². The number of hydrogen-bond acceptors (Lipinski definition) is 6. The largest absolute Gasteiger partial charge is 0.370 e. The molecule has 176 valence electrons. The van der Waals surface area contributed by atoms with Crippen LogP contribution in [0.5, 0.6) is 0 Å². The lowest BCUT2D eigenvalue weighted by Crippen LogP contribution is -2.27. The van der Waals surface area contributed by atoms with Gasteiger partial charge in [-0.3, -0.25) is 9.59 Å². The standard InChI is InChI=1S/C27H31N5O2/c1-30-23-13-7-8-14-24(23)31(2)27(30)20(19-28)25(33)15-16-26(34)29-21-11-5-6-12-22(21)32-17-9-3-4-10-18-32/h5-8,11-14H,3-4,9-10,15-18H2,1-2H3,(H,29,34). The smallest absolute Gasteiger partial charge is 0.224 e. The normalized spacial score (nSPS) is 15.4. The van der Waals surface area contributed by atoms with Gasteiger partial charge in [-0.2, -0.15) is 5.26 Å². The average molecular weight is 458 g/mol. The third-order valence-corrected chi connectivity index (χ3v) is 6.56. The predicted octanol–water partition coefficient (Wildman–Crippen LogP) is 4.68. The van der Waals surface area contributed by atoms with E-state index in [2.05, 4.69) is 16.3 Å². The highest BCUT2D eigenvalue weighted by atomic mass is 16.2. The van der Waals surface area contributed by atoms with Crippen molar-refractivity contribution in [2.75, 3.05) is 47.2 Å². The maximum atomic E-state index is 13.0. The zero-order valence-electron chi connectivity index (χ0n) is 19.9. The number of fused-ring (bicyclic) bond motifs is 1. The molecule has 7 heteroatoms. The van der Waals surface area contributed by atoms with Crippen molar-refractivity contribution in [1.29, 1.82) is 5.26 Å². The van der Waals surface area contributed by atoms with Crippen LogP contribution in [-0.2, 0) is 9.59 Å². The maximum Gasteiger partial charge on any atom is 0.224 e. The fraction of sp³-hybridized carbons (Fsp3) is 0.370. The lowest BCUT2D eigenvalue weighted by molar-refractivity contribution is -0.120. The number of anilines is 4. The molecule has 0 unspecified atom stereocenters. The summed E-state index contributed by atoms with van der Waals surface area (Å²) >= 11 is 0. The number of para-hydroxylation sites is 4. The first-order valence-corrected chi connectivity index (χ1v) is 11.9. The molecule has 0 aliphatic carbocycles. The molecular formula is C27H31N5O2. The third-order valence-electron chi connectivity index (χ3n) is 6.56. The molecule has 0 saturated carbocycles. The van der Waals surface area contributed by atoms with E-state index < -0.39 is 0 Å². The molecule has 2 aliphatic rings. The number of amides is 1. The van der Waals surface area contributed by atoms with Crippen LogP contribution in [0.2, 0.25) is 0 Å². The van der Waals surface area contributed by atoms with Gasteiger partial charge in [0.25, 0.3) is 0 Å². The molecule has 0 aromatic heterocycles. The van der Waals surface area contributed by atoms with Crippen molar-refractivity contribution in [3.63, 3.8) is 0 Å². The van der Waals surface area contributed by atoms with E-state index in [0.717, 1.165) is 48.7 Å². The van der Waals surface area contributed by atoms with E-state index in [0.29, 0.717) is 5.82 Å². The van der Waals surface area contributed by atoms with Crippen LogP contribution in [0.1, 0.15) is 38.5 Å². The van der Waals surface area contributed by atoms with Crippen LogP contribution in [-0.4, -0.2) is 38.9 Å². The predicted molar refractivity (Wildman–Crippen MR) is 136 cm³/mol. The van der Waals surface area contributed by atoms with Gasteiger partial charge in [0.15, 0.2) is 5.78 Å². The summed E-state index contributed by atoms with van der Waals surface area (Å²) in [6.07, 6.45) is 4.76. The van der Waals surface area contributed by atoms with Crippen molar-refractivity contribution >= 4 is 34.4 Å².